The summed E-state index contributed by atoms with van der Waals surface area (Å²) in [6, 6.07) is 7.39. The van der Waals surface area contributed by atoms with Crippen LogP contribution in [0.3, 0.4) is 0 Å². The average molecular weight is 338 g/mol. The molecule has 1 aliphatic rings. The Morgan fingerprint density at radius 2 is 2.12 bits per heavy atom. The smallest absolute Gasteiger partial charge is 0.252 e. The molecule has 0 radical (unpaired) electrons. The molecule has 0 bridgehead atoms. The Morgan fingerprint density at radius 3 is 2.92 bits per heavy atom. The van der Waals surface area contributed by atoms with Gasteiger partial charge in [-0.2, -0.15) is 5.10 Å². The van der Waals surface area contributed by atoms with E-state index in [0.29, 0.717) is 18.0 Å². The van der Waals surface area contributed by atoms with E-state index in [1.165, 1.54) is 0 Å². The van der Waals surface area contributed by atoms with Gasteiger partial charge in [0.1, 0.15) is 5.75 Å². The fourth-order valence-electron chi connectivity index (χ4n) is 3.41. The molecule has 0 aliphatic carbocycles. The third-order valence-electron chi connectivity index (χ3n) is 4.52. The Kier molecular flexibility index (Phi) is 3.56. The number of aromatic nitrogens is 3. The van der Waals surface area contributed by atoms with E-state index in [9.17, 15) is 9.59 Å². The highest BCUT2D eigenvalue weighted by Crippen LogP contribution is 2.37. The van der Waals surface area contributed by atoms with E-state index >= 15 is 0 Å². The van der Waals surface area contributed by atoms with Crippen LogP contribution >= 0.6 is 0 Å². The number of fused-ring (bicyclic) bond motifs is 2. The van der Waals surface area contributed by atoms with E-state index in [1.807, 2.05) is 38.1 Å². The van der Waals surface area contributed by atoms with E-state index in [0.717, 1.165) is 27.9 Å². The maximum Gasteiger partial charge on any atom is 0.252 e. The first-order valence-corrected chi connectivity index (χ1v) is 8.21. The van der Waals surface area contributed by atoms with E-state index in [2.05, 4.69) is 20.5 Å². The number of nitrogens with zero attached hydrogens (tertiary/aromatic N) is 1. The number of ether oxygens (including phenoxy) is 1. The van der Waals surface area contributed by atoms with Gasteiger partial charge in [0.15, 0.2) is 5.82 Å². The van der Waals surface area contributed by atoms with Gasteiger partial charge in [0.05, 0.1) is 6.61 Å². The molecule has 4 rings (SSSR count). The molecule has 0 fully saturated rings. The van der Waals surface area contributed by atoms with E-state index in [-0.39, 0.29) is 23.8 Å². The van der Waals surface area contributed by atoms with Gasteiger partial charge in [0, 0.05) is 40.1 Å². The van der Waals surface area contributed by atoms with Crippen LogP contribution in [0.15, 0.2) is 29.1 Å². The summed E-state index contributed by atoms with van der Waals surface area (Å²) in [7, 11) is 0. The first-order valence-electron chi connectivity index (χ1n) is 8.21. The van der Waals surface area contributed by atoms with Gasteiger partial charge in [0.25, 0.3) is 5.56 Å². The highest BCUT2D eigenvalue weighted by Gasteiger charge is 2.32. The number of hydrogen-bond acceptors (Lipinski definition) is 4. The fourth-order valence-corrected chi connectivity index (χ4v) is 3.41. The van der Waals surface area contributed by atoms with Crippen molar-refractivity contribution in [1.29, 1.82) is 0 Å². The van der Waals surface area contributed by atoms with Gasteiger partial charge in [-0.25, -0.2) is 0 Å². The molecule has 128 valence electrons. The van der Waals surface area contributed by atoms with Gasteiger partial charge in [-0.05, 0) is 38.1 Å². The number of aryl methyl sites for hydroxylation is 1. The predicted molar refractivity (Wildman–Crippen MR) is 94.2 cm³/mol. The zero-order valence-corrected chi connectivity index (χ0v) is 14.0. The minimum Gasteiger partial charge on any atom is -0.494 e. The van der Waals surface area contributed by atoms with Crippen LogP contribution in [0.1, 0.15) is 36.1 Å². The van der Waals surface area contributed by atoms with Crippen molar-refractivity contribution < 1.29 is 9.53 Å². The molecule has 1 amide bonds. The second-order valence-electron chi connectivity index (χ2n) is 6.15. The molecule has 3 aromatic rings. The Morgan fingerprint density at radius 1 is 1.28 bits per heavy atom. The number of aromatic amines is 2. The minimum atomic E-state index is -0.327. The Bertz CT molecular complexity index is 1030. The first kappa shape index (κ1) is 15.4. The zero-order valence-electron chi connectivity index (χ0n) is 14.0. The van der Waals surface area contributed by atoms with Crippen molar-refractivity contribution in [3.8, 4) is 5.75 Å². The molecule has 7 heteroatoms. The number of nitrogens with one attached hydrogen (secondary N) is 3. The lowest BCUT2D eigenvalue weighted by atomic mass is 9.86. The molecule has 3 N–H and O–H groups in total. The molecule has 1 atom stereocenters. The van der Waals surface area contributed by atoms with E-state index in [4.69, 9.17) is 4.74 Å². The zero-order chi connectivity index (χ0) is 17.6. The maximum atomic E-state index is 12.6. The lowest BCUT2D eigenvalue weighted by molar-refractivity contribution is -0.116. The maximum absolute atomic E-state index is 12.6. The number of H-pyrrole nitrogens is 2. The van der Waals surface area contributed by atoms with Gasteiger partial charge in [-0.3, -0.25) is 14.7 Å². The molecule has 1 unspecified atom stereocenters. The van der Waals surface area contributed by atoms with E-state index < -0.39 is 0 Å². The second-order valence-corrected chi connectivity index (χ2v) is 6.15. The number of pyridine rings is 1. The molecule has 7 nitrogen and oxygen atoms in total. The highest BCUT2D eigenvalue weighted by atomic mass is 16.5. The summed E-state index contributed by atoms with van der Waals surface area (Å²) in [5, 5.41) is 10.6. The molecule has 3 heterocycles. The molecule has 0 spiro atoms. The van der Waals surface area contributed by atoms with Crippen LogP contribution < -0.4 is 15.6 Å². The lowest BCUT2D eigenvalue weighted by Gasteiger charge is -2.22. The normalized spacial score (nSPS) is 16.6. The number of benzene rings is 1. The van der Waals surface area contributed by atoms with Crippen molar-refractivity contribution in [3.63, 3.8) is 0 Å². The van der Waals surface area contributed by atoms with Crippen molar-refractivity contribution in [1.82, 2.24) is 15.2 Å². The largest absolute Gasteiger partial charge is 0.494 e. The third-order valence-corrected chi connectivity index (χ3v) is 4.52. The molecule has 0 saturated carbocycles. The van der Waals surface area contributed by atoms with Gasteiger partial charge in [0.2, 0.25) is 5.91 Å². The Balaban J connectivity index is 1.88. The predicted octanol–water partition coefficient (Wildman–Crippen LogP) is 2.43. The van der Waals surface area contributed by atoms with Crippen LogP contribution in [0.4, 0.5) is 5.82 Å². The van der Waals surface area contributed by atoms with Crippen molar-refractivity contribution in [2.24, 2.45) is 0 Å². The Labute approximate surface area is 143 Å². The topological polar surface area (TPSA) is 99.9 Å². The second kappa shape index (κ2) is 5.77. The van der Waals surface area contributed by atoms with Crippen molar-refractivity contribution >= 4 is 22.6 Å². The van der Waals surface area contributed by atoms with Crippen LogP contribution in [0.25, 0.3) is 10.9 Å². The van der Waals surface area contributed by atoms with Crippen LogP contribution in [-0.4, -0.2) is 27.7 Å². The standard InChI is InChI=1S/C18H18N4O3/c1-3-25-11-4-5-14-10(6-11)7-13(18(24)19-14)12-8-15(23)20-17-16(12)9(2)21-22-17/h4-7,12H,3,8H2,1-2H3,(H,19,24)(H2,20,21,22,23). The number of rotatable bonds is 3. The van der Waals surface area contributed by atoms with Gasteiger partial charge >= 0.3 is 0 Å². The molecule has 0 saturated heterocycles. The number of carbonyl (C=O) groups is 1. The van der Waals surface area contributed by atoms with Crippen molar-refractivity contribution in [2.75, 3.05) is 11.9 Å². The average Bonchev–Trinajstić information content (AvgIpc) is 2.95. The first-order chi connectivity index (χ1) is 12.1. The third kappa shape index (κ3) is 2.57. The highest BCUT2D eigenvalue weighted by molar-refractivity contribution is 5.94. The molecular weight excluding hydrogens is 320 g/mol. The number of carbonyl (C=O) groups excluding carboxylic acids is 1. The van der Waals surface area contributed by atoms with Crippen molar-refractivity contribution in [2.45, 2.75) is 26.2 Å². The minimum absolute atomic E-state index is 0.147. The summed E-state index contributed by atoms with van der Waals surface area (Å²) in [5.41, 5.74) is 2.82. The van der Waals surface area contributed by atoms with Crippen molar-refractivity contribution in [3.05, 3.63) is 51.4 Å². The summed E-state index contributed by atoms with van der Waals surface area (Å²) in [6.45, 7) is 4.38. The molecule has 2 aromatic heterocycles. The summed E-state index contributed by atoms with van der Waals surface area (Å²) in [4.78, 5) is 27.6. The SMILES string of the molecule is CCOc1ccc2[nH]c(=O)c(C3CC(=O)Nc4n[nH]c(C)c43)cc2c1. The molecule has 25 heavy (non-hydrogen) atoms. The summed E-state index contributed by atoms with van der Waals surface area (Å²) < 4.78 is 5.54. The van der Waals surface area contributed by atoms with E-state index in [1.54, 1.807) is 0 Å². The van der Waals surface area contributed by atoms with Crippen LogP contribution in [0.5, 0.6) is 5.75 Å². The molecular formula is C18H18N4O3. The summed E-state index contributed by atoms with van der Waals surface area (Å²) >= 11 is 0. The van der Waals surface area contributed by atoms with Gasteiger partial charge < -0.3 is 15.0 Å². The van der Waals surface area contributed by atoms with Crippen LogP contribution in [0.2, 0.25) is 0 Å². The monoisotopic (exact) mass is 338 g/mol. The molecule has 1 aliphatic heterocycles. The summed E-state index contributed by atoms with van der Waals surface area (Å²) in [6.07, 6.45) is 0.215. The quantitative estimate of drug-likeness (QED) is 0.683. The fraction of sp³-hybridized carbons (Fsp3) is 0.278. The number of amides is 1. The molecule has 1 aromatic carbocycles. The Hall–Kier alpha value is -3.09. The van der Waals surface area contributed by atoms with Crippen LogP contribution in [-0.2, 0) is 4.79 Å². The van der Waals surface area contributed by atoms with Gasteiger partial charge in [-0.1, -0.05) is 0 Å². The number of anilines is 1. The summed E-state index contributed by atoms with van der Waals surface area (Å²) in [5.74, 6) is 0.772. The lowest BCUT2D eigenvalue weighted by Crippen LogP contribution is -2.27. The van der Waals surface area contributed by atoms with Gasteiger partial charge in [-0.15, -0.1) is 0 Å². The van der Waals surface area contributed by atoms with Crippen LogP contribution in [0, 0.1) is 6.92 Å². The number of hydrogen-bond donors (Lipinski definition) is 3.